The molecule has 0 radical (unpaired) electrons. The van der Waals surface area contributed by atoms with E-state index in [1.54, 1.807) is 20.3 Å². The summed E-state index contributed by atoms with van der Waals surface area (Å²) < 4.78 is 9.95. The van der Waals surface area contributed by atoms with Crippen molar-refractivity contribution in [3.05, 3.63) is 66.2 Å². The summed E-state index contributed by atoms with van der Waals surface area (Å²) >= 11 is 0. The molecule has 0 aliphatic carbocycles. The highest BCUT2D eigenvalue weighted by Gasteiger charge is 1.87. The molecule has 0 atom stereocenters. The molecule has 0 aliphatic heterocycles. The topological polar surface area (TPSA) is 18.5 Å². The van der Waals surface area contributed by atoms with Gasteiger partial charge in [0.15, 0.2) is 0 Å². The van der Waals surface area contributed by atoms with Crippen LogP contribution in [0.4, 0.5) is 0 Å². The minimum absolute atomic E-state index is 0.880. The standard InChI is InChI=1S/C9H10O.C8H10O/c1-3-8-4-6-9(10-2)7-5-8;1-7-3-5-8(9-2)6-4-7/h3-7H,1H2,2H3;3-6H,1-2H3. The van der Waals surface area contributed by atoms with Crippen molar-refractivity contribution < 1.29 is 9.47 Å². The number of ether oxygens (including phenoxy) is 2. The van der Waals surface area contributed by atoms with Gasteiger partial charge < -0.3 is 9.47 Å². The monoisotopic (exact) mass is 256 g/mol. The smallest absolute Gasteiger partial charge is 0.118 e. The van der Waals surface area contributed by atoms with Crippen LogP contribution in [0.5, 0.6) is 11.5 Å². The summed E-state index contributed by atoms with van der Waals surface area (Å²) in [6.45, 7) is 5.70. The van der Waals surface area contributed by atoms with Gasteiger partial charge in [-0.1, -0.05) is 42.5 Å². The molecule has 19 heavy (non-hydrogen) atoms. The minimum atomic E-state index is 0.880. The zero-order chi connectivity index (χ0) is 14.1. The van der Waals surface area contributed by atoms with Gasteiger partial charge in [0.1, 0.15) is 11.5 Å². The van der Waals surface area contributed by atoms with Gasteiger partial charge in [-0.05, 0) is 36.8 Å². The van der Waals surface area contributed by atoms with Gasteiger partial charge in [0.05, 0.1) is 14.2 Å². The third kappa shape index (κ3) is 5.30. The first-order chi connectivity index (χ1) is 9.19. The Morgan fingerprint density at radius 1 is 0.789 bits per heavy atom. The maximum absolute atomic E-state index is 4.98. The van der Waals surface area contributed by atoms with E-state index in [4.69, 9.17) is 9.47 Å². The molecule has 0 saturated carbocycles. The maximum atomic E-state index is 4.98. The average molecular weight is 256 g/mol. The highest BCUT2D eigenvalue weighted by molar-refractivity contribution is 5.48. The van der Waals surface area contributed by atoms with E-state index in [0.717, 1.165) is 17.1 Å². The SMILES string of the molecule is C=Cc1ccc(OC)cc1.COc1ccc(C)cc1. The van der Waals surface area contributed by atoms with Crippen LogP contribution in [0.3, 0.4) is 0 Å². The highest BCUT2D eigenvalue weighted by atomic mass is 16.5. The van der Waals surface area contributed by atoms with Crippen molar-refractivity contribution in [3.63, 3.8) is 0 Å². The molecule has 2 aromatic rings. The van der Waals surface area contributed by atoms with E-state index in [1.807, 2.05) is 48.5 Å². The van der Waals surface area contributed by atoms with Crippen LogP contribution in [-0.2, 0) is 0 Å². The molecule has 0 heterocycles. The number of aryl methyl sites for hydroxylation is 1. The molecule has 0 aromatic heterocycles. The van der Waals surface area contributed by atoms with E-state index < -0.39 is 0 Å². The fourth-order valence-electron chi connectivity index (χ4n) is 1.41. The third-order valence-electron chi connectivity index (χ3n) is 2.61. The van der Waals surface area contributed by atoms with E-state index in [2.05, 4.69) is 13.5 Å². The number of rotatable bonds is 3. The van der Waals surface area contributed by atoms with Crippen molar-refractivity contribution in [2.75, 3.05) is 14.2 Å². The van der Waals surface area contributed by atoms with E-state index in [0.29, 0.717) is 0 Å². The second kappa shape index (κ2) is 7.98. The van der Waals surface area contributed by atoms with Gasteiger partial charge in [0.25, 0.3) is 0 Å². The van der Waals surface area contributed by atoms with Crippen LogP contribution in [-0.4, -0.2) is 14.2 Å². The Balaban J connectivity index is 0.000000191. The van der Waals surface area contributed by atoms with Gasteiger partial charge in [-0.25, -0.2) is 0 Å². The zero-order valence-electron chi connectivity index (χ0n) is 11.7. The number of hydrogen-bond donors (Lipinski definition) is 0. The van der Waals surface area contributed by atoms with E-state index in [-0.39, 0.29) is 0 Å². The van der Waals surface area contributed by atoms with Crippen LogP contribution in [0, 0.1) is 6.92 Å². The summed E-state index contributed by atoms with van der Waals surface area (Å²) in [6, 6.07) is 15.7. The lowest BCUT2D eigenvalue weighted by Gasteiger charge is -1.97. The van der Waals surface area contributed by atoms with Gasteiger partial charge in [-0.3, -0.25) is 0 Å². The van der Waals surface area contributed by atoms with Crippen LogP contribution in [0.15, 0.2) is 55.1 Å². The Kier molecular flexibility index (Phi) is 6.23. The van der Waals surface area contributed by atoms with E-state index in [1.165, 1.54) is 5.56 Å². The summed E-state index contributed by atoms with van der Waals surface area (Å²) in [4.78, 5) is 0. The molecule has 100 valence electrons. The molecular weight excluding hydrogens is 236 g/mol. The molecule has 0 bridgehead atoms. The molecule has 0 aliphatic rings. The molecule has 0 amide bonds. The molecule has 2 heteroatoms. The van der Waals surface area contributed by atoms with Crippen LogP contribution in [0.1, 0.15) is 11.1 Å². The minimum Gasteiger partial charge on any atom is -0.497 e. The van der Waals surface area contributed by atoms with Crippen LogP contribution in [0.2, 0.25) is 0 Å². The molecule has 0 N–H and O–H groups in total. The third-order valence-corrected chi connectivity index (χ3v) is 2.61. The predicted octanol–water partition coefficient (Wildman–Crippen LogP) is 4.34. The fourth-order valence-corrected chi connectivity index (χ4v) is 1.41. The first-order valence-electron chi connectivity index (χ1n) is 6.06. The Morgan fingerprint density at radius 3 is 1.58 bits per heavy atom. The lowest BCUT2D eigenvalue weighted by Crippen LogP contribution is -1.80. The molecule has 2 nitrogen and oxygen atoms in total. The Bertz CT molecular complexity index is 484. The quantitative estimate of drug-likeness (QED) is 0.813. The highest BCUT2D eigenvalue weighted by Crippen LogP contribution is 2.11. The van der Waals surface area contributed by atoms with Gasteiger partial charge in [0.2, 0.25) is 0 Å². The molecule has 2 rings (SSSR count). The van der Waals surface area contributed by atoms with Crippen molar-refractivity contribution in [1.82, 2.24) is 0 Å². The van der Waals surface area contributed by atoms with Crippen LogP contribution in [0.25, 0.3) is 6.08 Å². The number of hydrogen-bond acceptors (Lipinski definition) is 2. The Morgan fingerprint density at radius 2 is 1.21 bits per heavy atom. The summed E-state index contributed by atoms with van der Waals surface area (Å²) in [5, 5.41) is 0. The predicted molar refractivity (Wildman–Crippen MR) is 80.8 cm³/mol. The average Bonchev–Trinajstić information content (AvgIpc) is 2.49. The number of methoxy groups -OCH3 is 2. The van der Waals surface area contributed by atoms with E-state index >= 15 is 0 Å². The molecule has 0 spiro atoms. The summed E-state index contributed by atoms with van der Waals surface area (Å²) in [5.41, 5.74) is 2.37. The lowest BCUT2D eigenvalue weighted by molar-refractivity contribution is 0.414. The second-order valence-electron chi connectivity index (χ2n) is 3.99. The Labute approximate surface area is 115 Å². The van der Waals surface area contributed by atoms with Crippen molar-refractivity contribution in [1.29, 1.82) is 0 Å². The van der Waals surface area contributed by atoms with Gasteiger partial charge in [-0.2, -0.15) is 0 Å². The van der Waals surface area contributed by atoms with Crippen molar-refractivity contribution >= 4 is 6.08 Å². The van der Waals surface area contributed by atoms with E-state index in [9.17, 15) is 0 Å². The largest absolute Gasteiger partial charge is 0.497 e. The van der Waals surface area contributed by atoms with Gasteiger partial charge >= 0.3 is 0 Å². The van der Waals surface area contributed by atoms with Crippen molar-refractivity contribution in [2.24, 2.45) is 0 Å². The van der Waals surface area contributed by atoms with Crippen molar-refractivity contribution in [2.45, 2.75) is 6.92 Å². The Hall–Kier alpha value is -2.22. The van der Waals surface area contributed by atoms with Gasteiger partial charge in [-0.15, -0.1) is 0 Å². The summed E-state index contributed by atoms with van der Waals surface area (Å²) in [6.07, 6.45) is 1.80. The second-order valence-corrected chi connectivity index (χ2v) is 3.99. The normalized spacial score (nSPS) is 9.00. The maximum Gasteiger partial charge on any atom is 0.118 e. The first-order valence-corrected chi connectivity index (χ1v) is 6.06. The first kappa shape index (κ1) is 14.8. The van der Waals surface area contributed by atoms with Crippen LogP contribution < -0.4 is 9.47 Å². The molecule has 2 aromatic carbocycles. The molecule has 0 fully saturated rings. The molecule has 0 unspecified atom stereocenters. The summed E-state index contributed by atoms with van der Waals surface area (Å²) in [7, 11) is 3.33. The zero-order valence-corrected chi connectivity index (χ0v) is 11.7. The molecular formula is C17H20O2. The van der Waals surface area contributed by atoms with Gasteiger partial charge in [0, 0.05) is 0 Å². The fraction of sp³-hybridized carbons (Fsp3) is 0.176. The van der Waals surface area contributed by atoms with Crippen molar-refractivity contribution in [3.8, 4) is 11.5 Å². The summed E-state index contributed by atoms with van der Waals surface area (Å²) in [5.74, 6) is 1.80. The van der Waals surface area contributed by atoms with Crippen LogP contribution >= 0.6 is 0 Å². The lowest BCUT2D eigenvalue weighted by atomic mass is 10.2. The molecule has 0 saturated heterocycles. The number of benzene rings is 2.